The fraction of sp³-hybridized carbons (Fsp3) is 0.462. The maximum absolute atomic E-state index is 11.2. The lowest BCUT2D eigenvalue weighted by Gasteiger charge is -2.22. The van der Waals surface area contributed by atoms with E-state index in [0.717, 1.165) is 18.6 Å². The maximum Gasteiger partial charge on any atom is 0.265 e. The van der Waals surface area contributed by atoms with E-state index in [9.17, 15) is 4.79 Å². The summed E-state index contributed by atoms with van der Waals surface area (Å²) in [5.74, 6) is 5.60. The van der Waals surface area contributed by atoms with Crippen molar-refractivity contribution >= 4 is 5.91 Å². The average molecular weight is 234 g/mol. The van der Waals surface area contributed by atoms with Crippen molar-refractivity contribution in [3.8, 4) is 5.75 Å². The molecule has 0 saturated heterocycles. The van der Waals surface area contributed by atoms with Gasteiger partial charge in [-0.3, -0.25) is 10.2 Å². The highest BCUT2D eigenvalue weighted by Crippen LogP contribution is 2.23. The van der Waals surface area contributed by atoms with Crippen LogP contribution < -0.4 is 16.0 Å². The highest BCUT2D eigenvalue weighted by atomic mass is 16.5. The number of rotatable bonds is 3. The first kappa shape index (κ1) is 11.9. The van der Waals surface area contributed by atoms with Crippen molar-refractivity contribution in [1.82, 2.24) is 5.43 Å². The van der Waals surface area contributed by atoms with Crippen molar-refractivity contribution < 1.29 is 9.53 Å². The zero-order valence-corrected chi connectivity index (χ0v) is 9.82. The number of benzene rings is 1. The SMILES string of the molecule is NNC(=O)c1ccc(OC2CCCCC2)cc1. The molecule has 1 fully saturated rings. The number of carbonyl (C=O) groups excluding carboxylic acids is 1. The summed E-state index contributed by atoms with van der Waals surface area (Å²) in [6, 6.07) is 7.08. The van der Waals surface area contributed by atoms with Crippen LogP contribution in [0.5, 0.6) is 5.75 Å². The number of amides is 1. The molecule has 0 aliphatic heterocycles. The first-order valence-corrected chi connectivity index (χ1v) is 6.07. The van der Waals surface area contributed by atoms with Crippen molar-refractivity contribution in [2.75, 3.05) is 0 Å². The fourth-order valence-electron chi connectivity index (χ4n) is 2.14. The summed E-state index contributed by atoms with van der Waals surface area (Å²) in [6.07, 6.45) is 6.40. The van der Waals surface area contributed by atoms with Gasteiger partial charge >= 0.3 is 0 Å². The molecule has 2 rings (SSSR count). The van der Waals surface area contributed by atoms with E-state index in [4.69, 9.17) is 10.6 Å². The molecule has 0 bridgehead atoms. The van der Waals surface area contributed by atoms with E-state index in [1.807, 2.05) is 12.1 Å². The third kappa shape index (κ3) is 3.20. The van der Waals surface area contributed by atoms with Gasteiger partial charge in [0.15, 0.2) is 0 Å². The van der Waals surface area contributed by atoms with Crippen LogP contribution in [0.2, 0.25) is 0 Å². The van der Waals surface area contributed by atoms with Gasteiger partial charge in [0.2, 0.25) is 0 Å². The fourth-order valence-corrected chi connectivity index (χ4v) is 2.14. The Morgan fingerprint density at radius 3 is 2.41 bits per heavy atom. The number of nitrogens with one attached hydrogen (secondary N) is 1. The Labute approximate surface area is 101 Å². The molecule has 1 saturated carbocycles. The van der Waals surface area contributed by atoms with E-state index in [1.54, 1.807) is 12.1 Å². The molecule has 1 amide bonds. The second-order valence-electron chi connectivity index (χ2n) is 4.38. The van der Waals surface area contributed by atoms with Gasteiger partial charge in [-0.2, -0.15) is 0 Å². The molecule has 0 heterocycles. The summed E-state index contributed by atoms with van der Waals surface area (Å²) in [4.78, 5) is 11.2. The molecule has 0 atom stereocenters. The van der Waals surface area contributed by atoms with Crippen LogP contribution in [0.4, 0.5) is 0 Å². The van der Waals surface area contributed by atoms with Crippen molar-refractivity contribution in [2.24, 2.45) is 5.84 Å². The first-order chi connectivity index (χ1) is 8.29. The van der Waals surface area contributed by atoms with Gasteiger partial charge in [0.25, 0.3) is 5.91 Å². The van der Waals surface area contributed by atoms with Crippen LogP contribution >= 0.6 is 0 Å². The van der Waals surface area contributed by atoms with E-state index in [-0.39, 0.29) is 5.91 Å². The lowest BCUT2D eigenvalue weighted by atomic mass is 9.98. The molecule has 0 spiro atoms. The van der Waals surface area contributed by atoms with E-state index in [1.165, 1.54) is 19.3 Å². The second-order valence-corrected chi connectivity index (χ2v) is 4.38. The molecule has 0 unspecified atom stereocenters. The third-order valence-corrected chi connectivity index (χ3v) is 3.10. The summed E-state index contributed by atoms with van der Waals surface area (Å²) in [5, 5.41) is 0. The van der Waals surface area contributed by atoms with Crippen LogP contribution in [-0.2, 0) is 0 Å². The number of ether oxygens (including phenoxy) is 1. The molecular formula is C13H18N2O2. The summed E-state index contributed by atoms with van der Waals surface area (Å²) in [5.41, 5.74) is 2.65. The Hall–Kier alpha value is -1.55. The summed E-state index contributed by atoms with van der Waals surface area (Å²) in [6.45, 7) is 0. The molecule has 1 aliphatic rings. The zero-order chi connectivity index (χ0) is 12.1. The maximum atomic E-state index is 11.2. The van der Waals surface area contributed by atoms with Crippen LogP contribution in [0.25, 0.3) is 0 Å². The number of hydrogen-bond acceptors (Lipinski definition) is 3. The van der Waals surface area contributed by atoms with Crippen LogP contribution in [0.3, 0.4) is 0 Å². The molecule has 4 heteroatoms. The van der Waals surface area contributed by atoms with Crippen LogP contribution in [-0.4, -0.2) is 12.0 Å². The molecule has 0 aromatic heterocycles. The number of hydrazine groups is 1. The lowest BCUT2D eigenvalue weighted by Crippen LogP contribution is -2.29. The van der Waals surface area contributed by atoms with Gasteiger partial charge in [0.1, 0.15) is 5.75 Å². The molecule has 3 N–H and O–H groups in total. The number of nitrogens with two attached hydrogens (primary N) is 1. The van der Waals surface area contributed by atoms with Crippen molar-refractivity contribution in [3.63, 3.8) is 0 Å². The average Bonchev–Trinajstić information content (AvgIpc) is 2.40. The Kier molecular flexibility index (Phi) is 3.98. The van der Waals surface area contributed by atoms with Gasteiger partial charge in [0.05, 0.1) is 6.10 Å². The first-order valence-electron chi connectivity index (χ1n) is 6.07. The summed E-state index contributed by atoms with van der Waals surface area (Å²) >= 11 is 0. The Bertz CT molecular complexity index is 370. The molecular weight excluding hydrogens is 216 g/mol. The molecule has 0 radical (unpaired) electrons. The highest BCUT2D eigenvalue weighted by Gasteiger charge is 2.14. The Balaban J connectivity index is 1.95. The van der Waals surface area contributed by atoms with E-state index in [2.05, 4.69) is 5.43 Å². The van der Waals surface area contributed by atoms with Crippen molar-refractivity contribution in [3.05, 3.63) is 29.8 Å². The topological polar surface area (TPSA) is 64.3 Å². The summed E-state index contributed by atoms with van der Waals surface area (Å²) in [7, 11) is 0. The second kappa shape index (κ2) is 5.68. The molecule has 1 aromatic carbocycles. The van der Waals surface area contributed by atoms with Crippen molar-refractivity contribution in [2.45, 2.75) is 38.2 Å². The van der Waals surface area contributed by atoms with E-state index in [0.29, 0.717) is 11.7 Å². The minimum atomic E-state index is -0.283. The monoisotopic (exact) mass is 234 g/mol. The lowest BCUT2D eigenvalue weighted by molar-refractivity contribution is 0.0953. The molecule has 4 nitrogen and oxygen atoms in total. The quantitative estimate of drug-likeness (QED) is 0.477. The number of hydrogen-bond donors (Lipinski definition) is 2. The minimum Gasteiger partial charge on any atom is -0.490 e. The Morgan fingerprint density at radius 2 is 1.82 bits per heavy atom. The van der Waals surface area contributed by atoms with Gasteiger partial charge in [-0.05, 0) is 49.9 Å². The van der Waals surface area contributed by atoms with Crippen LogP contribution in [0.15, 0.2) is 24.3 Å². The van der Waals surface area contributed by atoms with Gasteiger partial charge in [-0.1, -0.05) is 6.42 Å². The smallest absolute Gasteiger partial charge is 0.265 e. The molecule has 92 valence electrons. The van der Waals surface area contributed by atoms with Crippen LogP contribution in [0.1, 0.15) is 42.5 Å². The molecule has 1 aliphatic carbocycles. The van der Waals surface area contributed by atoms with E-state index < -0.39 is 0 Å². The van der Waals surface area contributed by atoms with Gasteiger partial charge < -0.3 is 4.74 Å². The minimum absolute atomic E-state index is 0.283. The third-order valence-electron chi connectivity index (χ3n) is 3.10. The number of nitrogen functional groups attached to an aromatic ring is 1. The van der Waals surface area contributed by atoms with Crippen molar-refractivity contribution in [1.29, 1.82) is 0 Å². The van der Waals surface area contributed by atoms with Crippen LogP contribution in [0, 0.1) is 0 Å². The Morgan fingerprint density at radius 1 is 1.18 bits per heavy atom. The number of carbonyl (C=O) groups is 1. The predicted molar refractivity (Wildman–Crippen MR) is 65.6 cm³/mol. The zero-order valence-electron chi connectivity index (χ0n) is 9.82. The molecule has 1 aromatic rings. The van der Waals surface area contributed by atoms with Gasteiger partial charge in [0, 0.05) is 5.56 Å². The summed E-state index contributed by atoms with van der Waals surface area (Å²) < 4.78 is 5.86. The highest BCUT2D eigenvalue weighted by molar-refractivity contribution is 5.93. The normalized spacial score (nSPS) is 16.5. The van der Waals surface area contributed by atoms with Gasteiger partial charge in [-0.25, -0.2) is 5.84 Å². The largest absolute Gasteiger partial charge is 0.490 e. The predicted octanol–water partition coefficient (Wildman–Crippen LogP) is 2.00. The van der Waals surface area contributed by atoms with E-state index >= 15 is 0 Å². The standard InChI is InChI=1S/C13H18N2O2/c14-15-13(16)10-6-8-12(9-7-10)17-11-4-2-1-3-5-11/h6-9,11H,1-5,14H2,(H,15,16). The van der Waals surface area contributed by atoms with Gasteiger partial charge in [-0.15, -0.1) is 0 Å². The molecule has 17 heavy (non-hydrogen) atoms.